The van der Waals surface area contributed by atoms with Gasteiger partial charge in [0.05, 0.1) is 31.4 Å². The van der Waals surface area contributed by atoms with Crippen LogP contribution in [0.25, 0.3) is 0 Å². The Kier molecular flexibility index (Phi) is 5.12. The van der Waals surface area contributed by atoms with E-state index in [-0.39, 0.29) is 18.9 Å². The summed E-state index contributed by atoms with van der Waals surface area (Å²) in [6, 6.07) is 14.5. The average molecular weight is 393 g/mol. The normalized spacial score (nSPS) is 15.7. The Hall–Kier alpha value is -3.48. The van der Waals surface area contributed by atoms with Crippen LogP contribution < -0.4 is 0 Å². The molecule has 0 spiro atoms. The smallest absolute Gasteiger partial charge is 0.329 e. The number of halogens is 1. The number of hydrogen-bond acceptors (Lipinski definition) is 4. The molecule has 148 valence electrons. The molecule has 1 aliphatic heterocycles. The van der Waals surface area contributed by atoms with Crippen LogP contribution in [0.15, 0.2) is 60.9 Å². The number of benzene rings is 2. The van der Waals surface area contributed by atoms with E-state index < -0.39 is 17.8 Å². The second kappa shape index (κ2) is 7.87. The molecule has 6 nitrogen and oxygen atoms in total. The van der Waals surface area contributed by atoms with Crippen molar-refractivity contribution in [1.82, 2.24) is 14.5 Å². The van der Waals surface area contributed by atoms with Crippen molar-refractivity contribution in [3.05, 3.63) is 89.3 Å². The molecule has 1 aromatic heterocycles. The lowest BCUT2D eigenvalue weighted by Gasteiger charge is -2.34. The van der Waals surface area contributed by atoms with Crippen LogP contribution in [-0.4, -0.2) is 39.5 Å². The van der Waals surface area contributed by atoms with Gasteiger partial charge >= 0.3 is 5.97 Å². The van der Waals surface area contributed by atoms with Gasteiger partial charge in [-0.3, -0.25) is 4.79 Å². The lowest BCUT2D eigenvalue weighted by atomic mass is 10.0. The Morgan fingerprint density at radius 1 is 1.14 bits per heavy atom. The van der Waals surface area contributed by atoms with Crippen LogP contribution in [0, 0.1) is 5.82 Å². The van der Waals surface area contributed by atoms with Gasteiger partial charge < -0.3 is 14.2 Å². The van der Waals surface area contributed by atoms with Gasteiger partial charge in [0.15, 0.2) is 0 Å². The molecular weight excluding hydrogens is 373 g/mol. The van der Waals surface area contributed by atoms with Crippen LogP contribution in [0.1, 0.15) is 27.3 Å². The quantitative estimate of drug-likeness (QED) is 0.640. The molecule has 0 saturated carbocycles. The van der Waals surface area contributed by atoms with Crippen molar-refractivity contribution in [3.8, 4) is 0 Å². The highest BCUT2D eigenvalue weighted by Crippen LogP contribution is 2.26. The fourth-order valence-corrected chi connectivity index (χ4v) is 3.60. The second-order valence-electron chi connectivity index (χ2n) is 6.93. The van der Waals surface area contributed by atoms with Crippen molar-refractivity contribution >= 4 is 11.9 Å². The Bertz CT molecular complexity index is 1030. The molecule has 4 rings (SSSR count). The largest absolute Gasteiger partial charge is 0.467 e. The summed E-state index contributed by atoms with van der Waals surface area (Å²) in [5, 5.41) is 0. The van der Waals surface area contributed by atoms with E-state index in [1.165, 1.54) is 36.3 Å². The summed E-state index contributed by atoms with van der Waals surface area (Å²) in [7, 11) is 1.30. The summed E-state index contributed by atoms with van der Waals surface area (Å²) in [5.41, 5.74) is 3.08. The summed E-state index contributed by atoms with van der Waals surface area (Å²) in [5.74, 6) is -1.27. The number of hydrogen-bond donors (Lipinski definition) is 0. The minimum absolute atomic E-state index is 0.220. The molecule has 0 radical (unpaired) electrons. The third kappa shape index (κ3) is 3.76. The summed E-state index contributed by atoms with van der Waals surface area (Å²) in [6.45, 7) is 0.836. The Balaban J connectivity index is 1.66. The standard InChI is InChI=1S/C22H20FN3O3/c1-29-22(28)19-11-18-20(25(14-24-18)12-15-5-3-2-4-6-15)13-26(19)21(27)16-7-9-17(23)10-8-16/h2-10,14,19H,11-13H2,1H3/t19-/m1/s1. The molecule has 0 aliphatic carbocycles. The van der Waals surface area contributed by atoms with Crippen LogP contribution in [0.3, 0.4) is 0 Å². The van der Waals surface area contributed by atoms with Gasteiger partial charge in [0.25, 0.3) is 5.91 Å². The molecule has 1 aliphatic rings. The minimum Gasteiger partial charge on any atom is -0.467 e. The van der Waals surface area contributed by atoms with Crippen LogP contribution >= 0.6 is 0 Å². The molecule has 29 heavy (non-hydrogen) atoms. The van der Waals surface area contributed by atoms with Gasteiger partial charge in [0.2, 0.25) is 0 Å². The second-order valence-corrected chi connectivity index (χ2v) is 6.93. The lowest BCUT2D eigenvalue weighted by molar-refractivity contribution is -0.146. The number of rotatable bonds is 4. The molecule has 1 amide bonds. The summed E-state index contributed by atoms with van der Waals surface area (Å²) < 4.78 is 20.2. The van der Waals surface area contributed by atoms with E-state index in [0.717, 1.165) is 17.0 Å². The zero-order valence-corrected chi connectivity index (χ0v) is 15.9. The monoisotopic (exact) mass is 393 g/mol. The Morgan fingerprint density at radius 3 is 2.55 bits per heavy atom. The number of aromatic nitrogens is 2. The van der Waals surface area contributed by atoms with Gasteiger partial charge in [-0.2, -0.15) is 0 Å². The number of nitrogens with zero attached hydrogens (tertiary/aromatic N) is 3. The molecular formula is C22H20FN3O3. The van der Waals surface area contributed by atoms with Gasteiger partial charge in [-0.1, -0.05) is 30.3 Å². The minimum atomic E-state index is -0.773. The number of esters is 1. The Labute approximate surface area is 167 Å². The lowest BCUT2D eigenvalue weighted by Crippen LogP contribution is -2.49. The number of methoxy groups -OCH3 is 1. The van der Waals surface area contributed by atoms with Crippen LogP contribution in [0.5, 0.6) is 0 Å². The van der Waals surface area contributed by atoms with Crippen molar-refractivity contribution < 1.29 is 18.7 Å². The zero-order valence-electron chi connectivity index (χ0n) is 15.9. The fourth-order valence-electron chi connectivity index (χ4n) is 3.60. The van der Waals surface area contributed by atoms with Crippen molar-refractivity contribution in [2.24, 2.45) is 0 Å². The van der Waals surface area contributed by atoms with E-state index in [0.29, 0.717) is 12.1 Å². The van der Waals surface area contributed by atoms with E-state index in [4.69, 9.17) is 4.74 Å². The van der Waals surface area contributed by atoms with Gasteiger partial charge in [0, 0.05) is 18.5 Å². The first-order chi connectivity index (χ1) is 14.1. The first-order valence-corrected chi connectivity index (χ1v) is 9.28. The fraction of sp³-hybridized carbons (Fsp3) is 0.227. The maximum absolute atomic E-state index is 13.3. The number of imidazole rings is 1. The maximum Gasteiger partial charge on any atom is 0.329 e. The zero-order chi connectivity index (χ0) is 20.4. The molecule has 0 saturated heterocycles. The molecule has 0 bridgehead atoms. The van der Waals surface area contributed by atoms with E-state index in [9.17, 15) is 14.0 Å². The van der Waals surface area contributed by atoms with E-state index in [1.807, 2.05) is 34.9 Å². The Morgan fingerprint density at radius 2 is 1.86 bits per heavy atom. The third-order valence-electron chi connectivity index (χ3n) is 5.14. The molecule has 0 fully saturated rings. The van der Waals surface area contributed by atoms with Crippen molar-refractivity contribution in [2.75, 3.05) is 7.11 Å². The molecule has 0 N–H and O–H groups in total. The highest BCUT2D eigenvalue weighted by molar-refractivity contribution is 5.97. The molecule has 0 unspecified atom stereocenters. The van der Waals surface area contributed by atoms with Crippen molar-refractivity contribution in [1.29, 1.82) is 0 Å². The highest BCUT2D eigenvalue weighted by atomic mass is 19.1. The predicted molar refractivity (Wildman–Crippen MR) is 104 cm³/mol. The third-order valence-corrected chi connectivity index (χ3v) is 5.14. The summed E-state index contributed by atoms with van der Waals surface area (Å²) in [6.07, 6.45) is 2.01. The average Bonchev–Trinajstić information content (AvgIpc) is 3.14. The van der Waals surface area contributed by atoms with Crippen molar-refractivity contribution in [3.63, 3.8) is 0 Å². The summed E-state index contributed by atoms with van der Waals surface area (Å²) in [4.78, 5) is 31.4. The molecule has 2 heterocycles. The number of fused-ring (bicyclic) bond motifs is 1. The van der Waals surface area contributed by atoms with Gasteiger partial charge in [-0.15, -0.1) is 0 Å². The van der Waals surface area contributed by atoms with Crippen LogP contribution in [0.2, 0.25) is 0 Å². The predicted octanol–water partition coefficient (Wildman–Crippen LogP) is 2.81. The first-order valence-electron chi connectivity index (χ1n) is 9.28. The topological polar surface area (TPSA) is 64.4 Å². The van der Waals surface area contributed by atoms with Gasteiger partial charge in [0.1, 0.15) is 11.9 Å². The molecule has 3 aromatic rings. The van der Waals surface area contributed by atoms with Crippen molar-refractivity contribution in [2.45, 2.75) is 25.6 Å². The van der Waals surface area contributed by atoms with Gasteiger partial charge in [-0.25, -0.2) is 14.2 Å². The van der Waals surface area contributed by atoms with E-state index >= 15 is 0 Å². The molecule has 7 heteroatoms. The number of carbonyl (C=O) groups excluding carboxylic acids is 2. The number of ether oxygens (including phenoxy) is 1. The highest BCUT2D eigenvalue weighted by Gasteiger charge is 2.38. The number of carbonyl (C=O) groups is 2. The SMILES string of the molecule is COC(=O)[C@H]1Cc2ncn(Cc3ccccc3)c2CN1C(=O)c1ccc(F)cc1. The van der Waals surface area contributed by atoms with Crippen LogP contribution in [-0.2, 0) is 29.0 Å². The van der Waals surface area contributed by atoms with E-state index in [2.05, 4.69) is 4.98 Å². The van der Waals surface area contributed by atoms with E-state index in [1.54, 1.807) is 6.33 Å². The van der Waals surface area contributed by atoms with Gasteiger partial charge in [-0.05, 0) is 29.8 Å². The first kappa shape index (κ1) is 18.9. The molecule has 1 atom stereocenters. The van der Waals surface area contributed by atoms with Crippen LogP contribution in [0.4, 0.5) is 4.39 Å². The number of amides is 1. The maximum atomic E-state index is 13.3. The summed E-state index contributed by atoms with van der Waals surface area (Å²) >= 11 is 0. The molecule has 2 aromatic carbocycles.